The molecule has 0 saturated heterocycles. The van der Waals surface area contributed by atoms with Gasteiger partial charge in [-0.2, -0.15) is 0 Å². The van der Waals surface area contributed by atoms with Crippen molar-refractivity contribution in [2.75, 3.05) is 0 Å². The third-order valence-corrected chi connectivity index (χ3v) is 3.76. The number of hydrogen-bond acceptors (Lipinski definition) is 2. The Morgan fingerprint density at radius 1 is 0.944 bits per heavy atom. The van der Waals surface area contributed by atoms with Gasteiger partial charge in [-0.05, 0) is 35.7 Å². The lowest BCUT2D eigenvalue weighted by atomic mass is 9.95. The molecule has 3 N–H and O–H groups in total. The molecule has 0 saturated carbocycles. The average molecular weight is 281 g/mol. The SMILES string of the molecule is Cc1c(Cl)cccc1C(NN)c1ccccc1Cl. The molecule has 0 bridgehead atoms. The van der Waals surface area contributed by atoms with E-state index in [1.807, 2.05) is 49.4 Å². The van der Waals surface area contributed by atoms with Gasteiger partial charge in [0.15, 0.2) is 0 Å². The lowest BCUT2D eigenvalue weighted by Gasteiger charge is -2.20. The van der Waals surface area contributed by atoms with Crippen molar-refractivity contribution >= 4 is 23.2 Å². The maximum atomic E-state index is 6.21. The van der Waals surface area contributed by atoms with Gasteiger partial charge in [-0.3, -0.25) is 5.84 Å². The van der Waals surface area contributed by atoms with E-state index in [1.54, 1.807) is 0 Å². The summed E-state index contributed by atoms with van der Waals surface area (Å²) in [6, 6.07) is 13.2. The maximum Gasteiger partial charge on any atom is 0.0727 e. The van der Waals surface area contributed by atoms with E-state index in [4.69, 9.17) is 29.0 Å². The van der Waals surface area contributed by atoms with Crippen LogP contribution >= 0.6 is 23.2 Å². The lowest BCUT2D eigenvalue weighted by molar-refractivity contribution is 0.634. The minimum Gasteiger partial charge on any atom is -0.271 e. The van der Waals surface area contributed by atoms with Gasteiger partial charge in [0.25, 0.3) is 0 Å². The summed E-state index contributed by atoms with van der Waals surface area (Å²) in [6.45, 7) is 1.97. The van der Waals surface area contributed by atoms with Crippen molar-refractivity contribution in [1.82, 2.24) is 5.43 Å². The second kappa shape index (κ2) is 5.72. The summed E-state index contributed by atoms with van der Waals surface area (Å²) in [4.78, 5) is 0. The zero-order valence-corrected chi connectivity index (χ0v) is 11.5. The number of benzene rings is 2. The predicted octanol–water partition coefficient (Wildman–Crippen LogP) is 3.85. The summed E-state index contributed by atoms with van der Waals surface area (Å²) in [6.07, 6.45) is 0. The van der Waals surface area contributed by atoms with Crippen molar-refractivity contribution in [2.45, 2.75) is 13.0 Å². The summed E-state index contributed by atoms with van der Waals surface area (Å²) in [5.41, 5.74) is 5.77. The topological polar surface area (TPSA) is 38.0 Å². The molecule has 1 unspecified atom stereocenters. The molecule has 18 heavy (non-hydrogen) atoms. The maximum absolute atomic E-state index is 6.21. The molecule has 0 aliphatic carbocycles. The van der Waals surface area contributed by atoms with Crippen LogP contribution < -0.4 is 11.3 Å². The molecule has 0 heterocycles. The number of hydrazine groups is 1. The minimum absolute atomic E-state index is 0.169. The van der Waals surface area contributed by atoms with Gasteiger partial charge in [0, 0.05) is 10.0 Å². The molecule has 0 fully saturated rings. The molecular weight excluding hydrogens is 267 g/mol. The van der Waals surface area contributed by atoms with Crippen LogP contribution in [0, 0.1) is 6.92 Å². The molecule has 0 spiro atoms. The van der Waals surface area contributed by atoms with Gasteiger partial charge in [-0.1, -0.05) is 53.5 Å². The van der Waals surface area contributed by atoms with Crippen LogP contribution in [0.15, 0.2) is 42.5 Å². The van der Waals surface area contributed by atoms with E-state index in [2.05, 4.69) is 5.43 Å². The Bertz CT molecular complexity index is 555. The number of hydrogen-bond donors (Lipinski definition) is 2. The molecule has 0 aliphatic rings. The van der Waals surface area contributed by atoms with Gasteiger partial charge in [0.1, 0.15) is 0 Å². The van der Waals surface area contributed by atoms with Crippen molar-refractivity contribution in [3.63, 3.8) is 0 Å². The van der Waals surface area contributed by atoms with Crippen LogP contribution in [0.3, 0.4) is 0 Å². The zero-order chi connectivity index (χ0) is 13.1. The van der Waals surface area contributed by atoms with E-state index in [0.29, 0.717) is 5.02 Å². The van der Waals surface area contributed by atoms with Crippen molar-refractivity contribution in [2.24, 2.45) is 5.84 Å². The normalized spacial score (nSPS) is 12.4. The van der Waals surface area contributed by atoms with E-state index >= 15 is 0 Å². The Kier molecular flexibility index (Phi) is 4.25. The quantitative estimate of drug-likeness (QED) is 0.662. The highest BCUT2D eigenvalue weighted by molar-refractivity contribution is 6.32. The summed E-state index contributed by atoms with van der Waals surface area (Å²) in [5, 5.41) is 1.40. The Morgan fingerprint density at radius 3 is 2.22 bits per heavy atom. The molecule has 2 aromatic carbocycles. The average Bonchev–Trinajstić information content (AvgIpc) is 2.37. The highest BCUT2D eigenvalue weighted by Gasteiger charge is 2.17. The molecule has 2 nitrogen and oxygen atoms in total. The molecule has 2 aromatic rings. The van der Waals surface area contributed by atoms with E-state index in [0.717, 1.165) is 21.7 Å². The van der Waals surface area contributed by atoms with Gasteiger partial charge in [-0.15, -0.1) is 0 Å². The third-order valence-electron chi connectivity index (χ3n) is 3.00. The lowest BCUT2D eigenvalue weighted by Crippen LogP contribution is -2.29. The van der Waals surface area contributed by atoms with E-state index in [-0.39, 0.29) is 6.04 Å². The summed E-state index contributed by atoms with van der Waals surface area (Å²) in [5.74, 6) is 5.67. The molecule has 94 valence electrons. The van der Waals surface area contributed by atoms with Crippen LogP contribution in [-0.2, 0) is 0 Å². The third kappa shape index (κ3) is 2.52. The molecule has 4 heteroatoms. The molecular formula is C14H14Cl2N2. The first-order valence-corrected chi connectivity index (χ1v) is 6.36. The highest BCUT2D eigenvalue weighted by Crippen LogP contribution is 2.31. The van der Waals surface area contributed by atoms with Crippen LogP contribution in [0.5, 0.6) is 0 Å². The second-order valence-corrected chi connectivity index (χ2v) is 4.89. The molecule has 0 radical (unpaired) electrons. The Labute approximate surface area is 117 Å². The highest BCUT2D eigenvalue weighted by atomic mass is 35.5. The van der Waals surface area contributed by atoms with Crippen LogP contribution in [0.4, 0.5) is 0 Å². The largest absolute Gasteiger partial charge is 0.271 e. The fourth-order valence-corrected chi connectivity index (χ4v) is 2.42. The number of halogens is 2. The summed E-state index contributed by atoms with van der Waals surface area (Å²) in [7, 11) is 0. The number of nitrogens with one attached hydrogen (secondary N) is 1. The second-order valence-electron chi connectivity index (χ2n) is 4.08. The smallest absolute Gasteiger partial charge is 0.0727 e. The summed E-state index contributed by atoms with van der Waals surface area (Å²) < 4.78 is 0. The van der Waals surface area contributed by atoms with Gasteiger partial charge < -0.3 is 0 Å². The molecule has 0 aliphatic heterocycles. The van der Waals surface area contributed by atoms with Crippen molar-refractivity contribution in [1.29, 1.82) is 0 Å². The van der Waals surface area contributed by atoms with Gasteiger partial charge in [0.2, 0.25) is 0 Å². The van der Waals surface area contributed by atoms with E-state index in [1.165, 1.54) is 0 Å². The first-order chi connectivity index (χ1) is 8.65. The summed E-state index contributed by atoms with van der Waals surface area (Å²) >= 11 is 12.4. The van der Waals surface area contributed by atoms with Crippen molar-refractivity contribution in [3.05, 3.63) is 69.2 Å². The van der Waals surface area contributed by atoms with Crippen molar-refractivity contribution < 1.29 is 0 Å². The molecule has 2 rings (SSSR count). The Morgan fingerprint density at radius 2 is 1.56 bits per heavy atom. The fourth-order valence-electron chi connectivity index (χ4n) is 1.99. The van der Waals surface area contributed by atoms with Crippen LogP contribution in [0.2, 0.25) is 10.0 Å². The first-order valence-electron chi connectivity index (χ1n) is 5.60. The predicted molar refractivity (Wildman–Crippen MR) is 76.8 cm³/mol. The standard InChI is InChI=1S/C14H14Cl2N2/c1-9-10(6-4-8-12(9)15)14(18-17)11-5-2-3-7-13(11)16/h2-8,14,18H,17H2,1H3. The monoisotopic (exact) mass is 280 g/mol. The molecule has 0 aromatic heterocycles. The zero-order valence-electron chi connectivity index (χ0n) is 9.95. The minimum atomic E-state index is -0.169. The van der Waals surface area contributed by atoms with Crippen LogP contribution in [0.1, 0.15) is 22.7 Å². The number of nitrogens with two attached hydrogens (primary N) is 1. The molecule has 1 atom stereocenters. The molecule has 0 amide bonds. The number of rotatable bonds is 3. The van der Waals surface area contributed by atoms with Gasteiger partial charge in [-0.25, -0.2) is 5.43 Å². The van der Waals surface area contributed by atoms with Crippen LogP contribution in [-0.4, -0.2) is 0 Å². The van der Waals surface area contributed by atoms with Crippen LogP contribution in [0.25, 0.3) is 0 Å². The van der Waals surface area contributed by atoms with E-state index in [9.17, 15) is 0 Å². The first kappa shape index (κ1) is 13.4. The Balaban J connectivity index is 2.53. The van der Waals surface area contributed by atoms with Crippen molar-refractivity contribution in [3.8, 4) is 0 Å². The van der Waals surface area contributed by atoms with Gasteiger partial charge >= 0.3 is 0 Å². The van der Waals surface area contributed by atoms with Gasteiger partial charge in [0.05, 0.1) is 6.04 Å². The van der Waals surface area contributed by atoms with E-state index < -0.39 is 0 Å². The fraction of sp³-hybridized carbons (Fsp3) is 0.143. The Hall–Kier alpha value is -1.06.